The number of piperidine rings is 1. The molecule has 1 aromatic carbocycles. The van der Waals surface area contributed by atoms with E-state index < -0.39 is 0 Å². The van der Waals surface area contributed by atoms with Gasteiger partial charge in [0.1, 0.15) is 0 Å². The van der Waals surface area contributed by atoms with Crippen LogP contribution in [-0.4, -0.2) is 41.6 Å². The van der Waals surface area contributed by atoms with Gasteiger partial charge >= 0.3 is 0 Å². The van der Waals surface area contributed by atoms with Gasteiger partial charge in [0.2, 0.25) is 0 Å². The molecule has 1 amide bonds. The highest BCUT2D eigenvalue weighted by Gasteiger charge is 2.25. The van der Waals surface area contributed by atoms with Crippen LogP contribution in [0.5, 0.6) is 0 Å². The molecule has 1 saturated heterocycles. The standard InChI is InChI=1S/C16H21N3O2/c1-2-21-12-5-7-19(8-6-12)16(20)14-10-18-15-9-11(17)3-4-13(14)15/h3-4,9-10,12,18H,2,5-8,17H2,1H3. The first-order chi connectivity index (χ1) is 10.2. The van der Waals surface area contributed by atoms with Gasteiger partial charge in [0, 0.05) is 42.5 Å². The van der Waals surface area contributed by atoms with Gasteiger partial charge in [-0.15, -0.1) is 0 Å². The lowest BCUT2D eigenvalue weighted by molar-refractivity contribution is 0.0146. The fourth-order valence-corrected chi connectivity index (χ4v) is 2.95. The van der Waals surface area contributed by atoms with E-state index >= 15 is 0 Å². The summed E-state index contributed by atoms with van der Waals surface area (Å²) in [5.74, 6) is 0.0842. The van der Waals surface area contributed by atoms with Crippen LogP contribution < -0.4 is 5.73 Å². The number of ether oxygens (including phenoxy) is 1. The van der Waals surface area contributed by atoms with Crippen molar-refractivity contribution >= 4 is 22.5 Å². The Labute approximate surface area is 124 Å². The molecule has 0 aliphatic carbocycles. The number of nitrogens with two attached hydrogens (primary N) is 1. The van der Waals surface area contributed by atoms with Crippen molar-refractivity contribution in [2.45, 2.75) is 25.9 Å². The van der Waals surface area contributed by atoms with Crippen LogP contribution >= 0.6 is 0 Å². The van der Waals surface area contributed by atoms with E-state index in [9.17, 15) is 4.79 Å². The zero-order chi connectivity index (χ0) is 14.8. The van der Waals surface area contributed by atoms with E-state index in [1.54, 1.807) is 6.20 Å². The minimum Gasteiger partial charge on any atom is -0.399 e. The number of fused-ring (bicyclic) bond motifs is 1. The molecule has 0 atom stereocenters. The lowest BCUT2D eigenvalue weighted by Gasteiger charge is -2.31. The number of hydrogen-bond donors (Lipinski definition) is 2. The quantitative estimate of drug-likeness (QED) is 0.851. The number of H-pyrrole nitrogens is 1. The van der Waals surface area contributed by atoms with Gasteiger partial charge in [-0.3, -0.25) is 4.79 Å². The van der Waals surface area contributed by atoms with Crippen molar-refractivity contribution in [1.29, 1.82) is 0 Å². The highest BCUT2D eigenvalue weighted by molar-refractivity contribution is 6.07. The summed E-state index contributed by atoms with van der Waals surface area (Å²) in [6.45, 7) is 4.26. The van der Waals surface area contributed by atoms with Crippen LogP contribution in [0.3, 0.4) is 0 Å². The maximum atomic E-state index is 12.7. The first-order valence-electron chi connectivity index (χ1n) is 7.46. The van der Waals surface area contributed by atoms with Gasteiger partial charge < -0.3 is 20.4 Å². The Morgan fingerprint density at radius 2 is 2.19 bits per heavy atom. The molecule has 0 unspecified atom stereocenters. The molecule has 1 fully saturated rings. The van der Waals surface area contributed by atoms with Crippen molar-refractivity contribution < 1.29 is 9.53 Å². The Bertz CT molecular complexity index is 642. The molecule has 21 heavy (non-hydrogen) atoms. The molecule has 0 saturated carbocycles. The summed E-state index contributed by atoms with van der Waals surface area (Å²) >= 11 is 0. The minimum atomic E-state index is 0.0842. The molecule has 0 spiro atoms. The Morgan fingerprint density at radius 3 is 2.90 bits per heavy atom. The Kier molecular flexibility index (Phi) is 3.84. The number of rotatable bonds is 3. The average Bonchev–Trinajstić information content (AvgIpc) is 2.90. The summed E-state index contributed by atoms with van der Waals surface area (Å²) in [5, 5.41) is 0.932. The van der Waals surface area contributed by atoms with Gasteiger partial charge in [-0.25, -0.2) is 0 Å². The van der Waals surface area contributed by atoms with Crippen LogP contribution in [-0.2, 0) is 4.74 Å². The molecule has 0 bridgehead atoms. The third kappa shape index (κ3) is 2.74. The van der Waals surface area contributed by atoms with Crippen LogP contribution in [0.2, 0.25) is 0 Å². The van der Waals surface area contributed by atoms with E-state index in [-0.39, 0.29) is 5.91 Å². The van der Waals surface area contributed by atoms with Crippen molar-refractivity contribution in [2.24, 2.45) is 0 Å². The van der Waals surface area contributed by atoms with Crippen LogP contribution in [0.25, 0.3) is 10.9 Å². The summed E-state index contributed by atoms with van der Waals surface area (Å²) in [5.41, 5.74) is 8.09. The van der Waals surface area contributed by atoms with Crippen LogP contribution in [0.4, 0.5) is 5.69 Å². The van der Waals surface area contributed by atoms with Gasteiger partial charge in [0.15, 0.2) is 0 Å². The number of anilines is 1. The number of carbonyl (C=O) groups is 1. The normalized spacial score (nSPS) is 16.5. The molecule has 1 aliphatic rings. The molecule has 2 aromatic rings. The highest BCUT2D eigenvalue weighted by Crippen LogP contribution is 2.23. The third-order valence-electron chi connectivity index (χ3n) is 4.07. The van der Waals surface area contributed by atoms with Crippen molar-refractivity contribution in [3.8, 4) is 0 Å². The molecule has 0 radical (unpaired) electrons. The summed E-state index contributed by atoms with van der Waals surface area (Å²) < 4.78 is 5.63. The topological polar surface area (TPSA) is 71.3 Å². The molecule has 5 heteroatoms. The van der Waals surface area contributed by atoms with E-state index in [1.165, 1.54) is 0 Å². The Balaban J connectivity index is 1.76. The van der Waals surface area contributed by atoms with E-state index in [0.717, 1.165) is 49.0 Å². The number of hydrogen-bond acceptors (Lipinski definition) is 3. The fourth-order valence-electron chi connectivity index (χ4n) is 2.95. The molecule has 3 rings (SSSR count). The zero-order valence-corrected chi connectivity index (χ0v) is 12.3. The smallest absolute Gasteiger partial charge is 0.256 e. The maximum Gasteiger partial charge on any atom is 0.256 e. The van der Waals surface area contributed by atoms with E-state index in [4.69, 9.17) is 10.5 Å². The Hall–Kier alpha value is -2.01. The van der Waals surface area contributed by atoms with E-state index in [1.807, 2.05) is 30.0 Å². The van der Waals surface area contributed by atoms with Crippen LogP contribution in [0, 0.1) is 0 Å². The summed E-state index contributed by atoms with van der Waals surface area (Å²) in [6, 6.07) is 5.59. The van der Waals surface area contributed by atoms with E-state index in [2.05, 4.69) is 4.98 Å². The third-order valence-corrected chi connectivity index (χ3v) is 4.07. The molecule has 112 valence electrons. The molecule has 2 heterocycles. The fraction of sp³-hybridized carbons (Fsp3) is 0.438. The lowest BCUT2D eigenvalue weighted by Crippen LogP contribution is -2.40. The molecular formula is C16H21N3O2. The number of nitrogen functional groups attached to an aromatic ring is 1. The zero-order valence-electron chi connectivity index (χ0n) is 12.3. The van der Waals surface area contributed by atoms with Crippen molar-refractivity contribution in [2.75, 3.05) is 25.4 Å². The van der Waals surface area contributed by atoms with Gasteiger partial charge in [0.05, 0.1) is 11.7 Å². The summed E-state index contributed by atoms with van der Waals surface area (Å²) in [7, 11) is 0. The van der Waals surface area contributed by atoms with Crippen molar-refractivity contribution in [1.82, 2.24) is 9.88 Å². The number of carbonyl (C=O) groups excluding carboxylic acids is 1. The first kappa shape index (κ1) is 13.9. The van der Waals surface area contributed by atoms with Crippen LogP contribution in [0.1, 0.15) is 30.1 Å². The number of nitrogens with zero attached hydrogens (tertiary/aromatic N) is 1. The summed E-state index contributed by atoms with van der Waals surface area (Å²) in [4.78, 5) is 17.7. The predicted molar refractivity (Wildman–Crippen MR) is 83.3 cm³/mol. The molecule has 5 nitrogen and oxygen atoms in total. The second-order valence-electron chi connectivity index (χ2n) is 5.45. The summed E-state index contributed by atoms with van der Waals surface area (Å²) in [6.07, 6.45) is 3.90. The number of nitrogens with one attached hydrogen (secondary N) is 1. The largest absolute Gasteiger partial charge is 0.399 e. The number of amides is 1. The van der Waals surface area contributed by atoms with Crippen LogP contribution in [0.15, 0.2) is 24.4 Å². The average molecular weight is 287 g/mol. The first-order valence-corrected chi connectivity index (χ1v) is 7.46. The molecule has 3 N–H and O–H groups in total. The van der Waals surface area contributed by atoms with Gasteiger partial charge in [0.25, 0.3) is 5.91 Å². The van der Waals surface area contributed by atoms with Gasteiger partial charge in [-0.05, 0) is 38.0 Å². The number of likely N-dealkylation sites (tertiary alicyclic amines) is 1. The second kappa shape index (κ2) is 5.77. The Morgan fingerprint density at radius 1 is 1.43 bits per heavy atom. The maximum absolute atomic E-state index is 12.7. The number of aromatic amines is 1. The monoisotopic (exact) mass is 287 g/mol. The lowest BCUT2D eigenvalue weighted by atomic mass is 10.1. The van der Waals surface area contributed by atoms with E-state index in [0.29, 0.717) is 11.8 Å². The highest BCUT2D eigenvalue weighted by atomic mass is 16.5. The molecular weight excluding hydrogens is 266 g/mol. The second-order valence-corrected chi connectivity index (χ2v) is 5.45. The van der Waals surface area contributed by atoms with Gasteiger partial charge in [-0.1, -0.05) is 0 Å². The molecule has 1 aliphatic heterocycles. The SMILES string of the molecule is CCOC1CCN(C(=O)c2c[nH]c3cc(N)ccc23)CC1. The van der Waals surface area contributed by atoms with Crippen molar-refractivity contribution in [3.05, 3.63) is 30.0 Å². The predicted octanol–water partition coefficient (Wildman–Crippen LogP) is 2.39. The number of benzene rings is 1. The van der Waals surface area contributed by atoms with Gasteiger partial charge in [-0.2, -0.15) is 0 Å². The number of aromatic nitrogens is 1. The van der Waals surface area contributed by atoms with Crippen molar-refractivity contribution in [3.63, 3.8) is 0 Å². The minimum absolute atomic E-state index is 0.0842. The molecule has 1 aromatic heterocycles.